The summed E-state index contributed by atoms with van der Waals surface area (Å²) < 4.78 is 20.3. The second-order valence-corrected chi connectivity index (χ2v) is 9.29. The number of nitrogens with one attached hydrogen (secondary N) is 2. The summed E-state index contributed by atoms with van der Waals surface area (Å²) in [5.74, 6) is -2.21. The van der Waals surface area contributed by atoms with E-state index in [9.17, 15) is 23.9 Å². The van der Waals surface area contributed by atoms with Crippen molar-refractivity contribution in [2.24, 2.45) is 7.05 Å². The highest BCUT2D eigenvalue weighted by Crippen LogP contribution is 2.31. The summed E-state index contributed by atoms with van der Waals surface area (Å²) in [5.41, 5.74) is 4.01. The molecule has 0 radical (unpaired) electrons. The lowest BCUT2D eigenvalue weighted by atomic mass is 10.0. The summed E-state index contributed by atoms with van der Waals surface area (Å²) in [7, 11) is 1.74. The summed E-state index contributed by atoms with van der Waals surface area (Å²) in [4.78, 5) is 37.3. The van der Waals surface area contributed by atoms with Gasteiger partial charge in [0.2, 0.25) is 0 Å². The van der Waals surface area contributed by atoms with Gasteiger partial charge >= 0.3 is 12.1 Å². The molecule has 0 fully saturated rings. The largest absolute Gasteiger partial charge is 0.480 e. The van der Waals surface area contributed by atoms with Crippen LogP contribution < -0.4 is 10.6 Å². The van der Waals surface area contributed by atoms with Gasteiger partial charge in [-0.25, -0.2) is 14.0 Å². The van der Waals surface area contributed by atoms with Crippen molar-refractivity contribution >= 4 is 23.7 Å². The van der Waals surface area contributed by atoms with Crippen molar-refractivity contribution in [2.75, 3.05) is 5.32 Å². The first-order valence-corrected chi connectivity index (χ1v) is 12.6. The van der Waals surface area contributed by atoms with Gasteiger partial charge in [0.1, 0.15) is 18.0 Å². The molecule has 0 aliphatic rings. The molecule has 206 valence electrons. The van der Waals surface area contributed by atoms with E-state index in [-0.39, 0.29) is 12.0 Å². The molecule has 0 saturated carbocycles. The predicted molar refractivity (Wildman–Crippen MR) is 147 cm³/mol. The molecular formula is C30H29FN4O5. The number of anilines is 1. The van der Waals surface area contributed by atoms with Gasteiger partial charge in [0.05, 0.1) is 17.1 Å². The molecule has 2 atom stereocenters. The fourth-order valence-corrected chi connectivity index (χ4v) is 4.30. The number of nitrogens with zero attached hydrogens (tertiary/aromatic N) is 2. The Morgan fingerprint density at radius 1 is 1.00 bits per heavy atom. The zero-order valence-electron chi connectivity index (χ0n) is 22.2. The summed E-state index contributed by atoms with van der Waals surface area (Å²) in [6.07, 6.45) is -1.09. The van der Waals surface area contributed by atoms with Gasteiger partial charge in [-0.2, -0.15) is 5.10 Å². The third-order valence-corrected chi connectivity index (χ3v) is 6.38. The Hall–Kier alpha value is -4.99. The van der Waals surface area contributed by atoms with E-state index < -0.39 is 35.9 Å². The molecule has 40 heavy (non-hydrogen) atoms. The third-order valence-electron chi connectivity index (χ3n) is 6.38. The lowest BCUT2D eigenvalue weighted by molar-refractivity contribution is -0.139. The summed E-state index contributed by atoms with van der Waals surface area (Å²) in [6.45, 7) is 3.54. The number of aliphatic carboxylic acids is 1. The van der Waals surface area contributed by atoms with Crippen LogP contribution in [0.4, 0.5) is 14.9 Å². The molecule has 0 unspecified atom stereocenters. The van der Waals surface area contributed by atoms with E-state index in [4.69, 9.17) is 4.74 Å². The van der Waals surface area contributed by atoms with E-state index >= 15 is 0 Å². The minimum Gasteiger partial charge on any atom is -0.480 e. The lowest BCUT2D eigenvalue weighted by Crippen LogP contribution is -2.42. The number of carboxylic acids is 1. The van der Waals surface area contributed by atoms with Crippen LogP contribution >= 0.6 is 0 Å². The van der Waals surface area contributed by atoms with Crippen LogP contribution in [0.15, 0.2) is 78.9 Å². The molecule has 0 aliphatic heterocycles. The molecule has 3 aromatic carbocycles. The number of amides is 2. The Bertz CT molecular complexity index is 1500. The van der Waals surface area contributed by atoms with Gasteiger partial charge in [0, 0.05) is 24.6 Å². The van der Waals surface area contributed by atoms with Gasteiger partial charge in [-0.1, -0.05) is 54.6 Å². The van der Waals surface area contributed by atoms with Crippen LogP contribution in [0.5, 0.6) is 0 Å². The molecule has 4 aromatic rings. The van der Waals surface area contributed by atoms with Crippen molar-refractivity contribution in [1.29, 1.82) is 0 Å². The van der Waals surface area contributed by atoms with Crippen molar-refractivity contribution in [2.45, 2.75) is 32.4 Å². The molecule has 0 aliphatic carbocycles. The van der Waals surface area contributed by atoms with Crippen molar-refractivity contribution in [3.63, 3.8) is 0 Å². The number of ether oxygens (including phenoxy) is 1. The van der Waals surface area contributed by atoms with Crippen LogP contribution in [0, 0.1) is 12.7 Å². The smallest absolute Gasteiger partial charge is 0.412 e. The first-order chi connectivity index (χ1) is 19.1. The highest BCUT2D eigenvalue weighted by atomic mass is 19.1. The average molecular weight is 545 g/mol. The summed E-state index contributed by atoms with van der Waals surface area (Å²) in [5, 5.41) is 19.3. The maximum absolute atomic E-state index is 13.2. The Balaban J connectivity index is 1.47. The fourth-order valence-electron chi connectivity index (χ4n) is 4.30. The number of hydrogen-bond acceptors (Lipinski definition) is 5. The molecule has 0 saturated heterocycles. The molecule has 1 heterocycles. The van der Waals surface area contributed by atoms with Crippen LogP contribution in [0.25, 0.3) is 11.3 Å². The number of benzene rings is 3. The number of aryl methyl sites for hydroxylation is 2. The van der Waals surface area contributed by atoms with E-state index in [2.05, 4.69) is 15.7 Å². The third kappa shape index (κ3) is 6.71. The first kappa shape index (κ1) is 28.0. The molecule has 0 bridgehead atoms. The second-order valence-electron chi connectivity index (χ2n) is 9.29. The van der Waals surface area contributed by atoms with Crippen LogP contribution in [-0.4, -0.2) is 38.9 Å². The SMILES string of the molecule is Cc1nn(C)c(-c2ccc(C(=O)N[C@H](Cc3ccc(F)cc3)C(=O)O)cc2)c1NC(=O)O[C@H](C)c1ccccc1. The first-order valence-electron chi connectivity index (χ1n) is 12.6. The Kier molecular flexibility index (Phi) is 8.58. The van der Waals surface area contributed by atoms with Crippen molar-refractivity contribution in [1.82, 2.24) is 15.1 Å². The number of rotatable bonds is 9. The number of carbonyl (C=O) groups is 3. The molecule has 2 amide bonds. The monoisotopic (exact) mass is 544 g/mol. The molecule has 1 aromatic heterocycles. The Labute approximate surface area is 230 Å². The number of hydrogen-bond donors (Lipinski definition) is 3. The minimum absolute atomic E-state index is 0.00174. The van der Waals surface area contributed by atoms with E-state index in [1.54, 1.807) is 49.8 Å². The maximum atomic E-state index is 13.2. The predicted octanol–water partition coefficient (Wildman–Crippen LogP) is 5.27. The molecule has 9 nitrogen and oxygen atoms in total. The van der Waals surface area contributed by atoms with Crippen LogP contribution in [0.1, 0.15) is 40.2 Å². The summed E-state index contributed by atoms with van der Waals surface area (Å²) >= 11 is 0. The highest BCUT2D eigenvalue weighted by Gasteiger charge is 2.23. The second kappa shape index (κ2) is 12.2. The van der Waals surface area contributed by atoms with Gasteiger partial charge in [0.25, 0.3) is 5.91 Å². The normalized spacial score (nSPS) is 12.3. The van der Waals surface area contributed by atoms with E-state index in [1.165, 1.54) is 24.3 Å². The fraction of sp³-hybridized carbons (Fsp3) is 0.200. The Morgan fingerprint density at radius 2 is 1.65 bits per heavy atom. The topological polar surface area (TPSA) is 123 Å². The van der Waals surface area contributed by atoms with Gasteiger partial charge in [-0.3, -0.25) is 14.8 Å². The minimum atomic E-state index is -1.20. The lowest BCUT2D eigenvalue weighted by Gasteiger charge is -2.16. The Morgan fingerprint density at radius 3 is 2.27 bits per heavy atom. The van der Waals surface area contributed by atoms with Gasteiger partial charge in [-0.15, -0.1) is 0 Å². The van der Waals surface area contributed by atoms with Gasteiger partial charge in [0.15, 0.2) is 0 Å². The molecule has 10 heteroatoms. The zero-order valence-corrected chi connectivity index (χ0v) is 22.2. The summed E-state index contributed by atoms with van der Waals surface area (Å²) in [6, 6.07) is 20.1. The van der Waals surface area contributed by atoms with Crippen molar-refractivity contribution in [3.8, 4) is 11.3 Å². The molecule has 0 spiro atoms. The molecule has 4 rings (SSSR count). The van der Waals surface area contributed by atoms with Gasteiger partial charge in [-0.05, 0) is 49.2 Å². The van der Waals surface area contributed by atoms with Crippen LogP contribution in [0.2, 0.25) is 0 Å². The van der Waals surface area contributed by atoms with Crippen molar-refractivity contribution < 1.29 is 28.6 Å². The quantitative estimate of drug-likeness (QED) is 0.264. The van der Waals surface area contributed by atoms with Crippen LogP contribution in [0.3, 0.4) is 0 Å². The standard InChI is InChI=1S/C30H29FN4O5/c1-18-26(33-30(39)40-19(2)21-7-5-4-6-8-21)27(35(3)34-18)22-11-13-23(14-12-22)28(36)32-25(29(37)38)17-20-9-15-24(31)16-10-20/h4-16,19,25H,17H2,1-3H3,(H,32,36)(H,33,39)(H,37,38)/t19-,25-/m1/s1. The van der Waals surface area contributed by atoms with Crippen molar-refractivity contribution in [3.05, 3.63) is 107 Å². The number of aromatic nitrogens is 2. The highest BCUT2D eigenvalue weighted by molar-refractivity contribution is 5.97. The van der Waals surface area contributed by atoms with E-state index in [1.807, 2.05) is 30.3 Å². The molecule has 3 N–H and O–H groups in total. The molecular weight excluding hydrogens is 515 g/mol. The number of carbonyl (C=O) groups excluding carboxylic acids is 2. The zero-order chi connectivity index (χ0) is 28.8. The maximum Gasteiger partial charge on any atom is 0.412 e. The van der Waals surface area contributed by atoms with Crippen LogP contribution in [-0.2, 0) is 23.0 Å². The van der Waals surface area contributed by atoms with E-state index in [0.717, 1.165) is 5.56 Å². The number of halogens is 1. The number of carboxylic acid groups (broad SMARTS) is 1. The van der Waals surface area contributed by atoms with Gasteiger partial charge < -0.3 is 15.2 Å². The average Bonchev–Trinajstić information content (AvgIpc) is 3.21. The van der Waals surface area contributed by atoms with E-state index in [0.29, 0.717) is 28.2 Å².